The topological polar surface area (TPSA) is 137 Å². The normalized spacial score (nSPS) is 15.9. The Kier molecular flexibility index (Phi) is 6.66. The quantitative estimate of drug-likeness (QED) is 0.193. The summed E-state index contributed by atoms with van der Waals surface area (Å²) in [5.41, 5.74) is 7.42. The van der Waals surface area contributed by atoms with Crippen molar-refractivity contribution >= 4 is 23.6 Å². The van der Waals surface area contributed by atoms with Gasteiger partial charge in [-0.1, -0.05) is 6.92 Å². The van der Waals surface area contributed by atoms with Crippen molar-refractivity contribution in [1.82, 2.24) is 10.9 Å². The summed E-state index contributed by atoms with van der Waals surface area (Å²) in [6.45, 7) is 1.45. The van der Waals surface area contributed by atoms with E-state index >= 15 is 0 Å². The van der Waals surface area contributed by atoms with E-state index in [1.807, 2.05) is 5.43 Å². The highest BCUT2D eigenvalue weighted by Gasteiger charge is 2.38. The number of allylic oxidation sites excluding steroid dienone is 4. The maximum atomic E-state index is 12.4. The molecule has 142 valence electrons. The number of ketones is 1. The molecule has 12 heteroatoms. The lowest BCUT2D eigenvalue weighted by Gasteiger charge is -2.17. The Morgan fingerprint density at radius 2 is 1.77 bits per heavy atom. The average Bonchev–Trinajstić information content (AvgIpc) is 2.52. The highest BCUT2D eigenvalue weighted by atomic mass is 19.4. The van der Waals surface area contributed by atoms with Crippen molar-refractivity contribution < 1.29 is 41.8 Å². The second-order valence-corrected chi connectivity index (χ2v) is 4.63. The van der Waals surface area contributed by atoms with Crippen LogP contribution in [0.25, 0.3) is 0 Å². The van der Waals surface area contributed by atoms with Crippen LogP contribution in [0, 0.1) is 0 Å². The van der Waals surface area contributed by atoms with Gasteiger partial charge in [-0.15, -0.1) is 13.2 Å². The Morgan fingerprint density at radius 3 is 2.23 bits per heavy atom. The average molecular weight is 377 g/mol. The van der Waals surface area contributed by atoms with Crippen molar-refractivity contribution in [3.63, 3.8) is 0 Å². The number of esters is 1. The molecule has 0 aromatic heterocycles. The van der Waals surface area contributed by atoms with E-state index in [1.165, 1.54) is 14.0 Å². The summed E-state index contributed by atoms with van der Waals surface area (Å²) in [5, 5.41) is 0. The zero-order chi connectivity index (χ0) is 20.1. The zero-order valence-electron chi connectivity index (χ0n) is 13.5. The Hall–Kier alpha value is -3.15. The highest BCUT2D eigenvalue weighted by Crippen LogP contribution is 2.26. The number of hydrazine groups is 1. The Bertz CT molecular complexity index is 737. The Balaban J connectivity index is 3.58. The van der Waals surface area contributed by atoms with E-state index in [9.17, 15) is 32.3 Å². The number of hydrogen-bond acceptors (Lipinski definition) is 7. The van der Waals surface area contributed by atoms with Crippen molar-refractivity contribution in [3.05, 3.63) is 34.8 Å². The summed E-state index contributed by atoms with van der Waals surface area (Å²) in [4.78, 5) is 46.9. The molecule has 1 aliphatic heterocycles. The van der Waals surface area contributed by atoms with Crippen molar-refractivity contribution in [1.29, 1.82) is 0 Å². The summed E-state index contributed by atoms with van der Waals surface area (Å²) < 4.78 is 45.2. The molecule has 0 saturated carbocycles. The molecule has 0 aromatic rings. The van der Waals surface area contributed by atoms with Crippen LogP contribution in [-0.4, -0.2) is 37.0 Å². The molecule has 0 saturated heterocycles. The predicted molar refractivity (Wildman–Crippen MR) is 78.1 cm³/mol. The lowest BCUT2D eigenvalue weighted by atomic mass is 10.0. The van der Waals surface area contributed by atoms with Gasteiger partial charge in [0.05, 0.1) is 0 Å². The number of nitrogens with one attached hydrogen (secondary N) is 2. The van der Waals surface area contributed by atoms with Crippen LogP contribution >= 0.6 is 0 Å². The van der Waals surface area contributed by atoms with Crippen LogP contribution in [0.3, 0.4) is 0 Å². The first-order valence-corrected chi connectivity index (χ1v) is 6.95. The van der Waals surface area contributed by atoms with E-state index < -0.39 is 52.6 Å². The third-order valence-corrected chi connectivity index (χ3v) is 2.80. The third kappa shape index (κ3) is 5.44. The van der Waals surface area contributed by atoms with Gasteiger partial charge in [-0.25, -0.2) is 10.2 Å². The summed E-state index contributed by atoms with van der Waals surface area (Å²) in [5.74, 6) is -6.30. The number of carbonyl (C=O) groups excluding carboxylic acids is 4. The molecule has 0 aliphatic carbocycles. The van der Waals surface area contributed by atoms with Crippen LogP contribution in [0.5, 0.6) is 0 Å². The number of amides is 2. The van der Waals surface area contributed by atoms with Crippen LogP contribution in [0.4, 0.5) is 13.2 Å². The van der Waals surface area contributed by atoms with E-state index in [0.717, 1.165) is 12.2 Å². The van der Waals surface area contributed by atoms with Crippen LogP contribution in [0.15, 0.2) is 34.8 Å². The molecular weight excluding hydrogens is 363 g/mol. The fraction of sp³-hybridized carbons (Fsp3) is 0.286. The Morgan fingerprint density at radius 1 is 1.19 bits per heavy atom. The maximum absolute atomic E-state index is 12.4. The smallest absolute Gasteiger partial charge is 0.448 e. The number of alkyl halides is 3. The zero-order valence-corrected chi connectivity index (χ0v) is 13.5. The van der Waals surface area contributed by atoms with Gasteiger partial charge in [0, 0.05) is 19.0 Å². The van der Waals surface area contributed by atoms with E-state index in [2.05, 4.69) is 10.2 Å². The molecular formula is C14H14F3N3O6. The van der Waals surface area contributed by atoms with Gasteiger partial charge in [0.2, 0.25) is 0 Å². The van der Waals surface area contributed by atoms with Gasteiger partial charge in [0.1, 0.15) is 5.57 Å². The number of rotatable bonds is 6. The lowest BCUT2D eigenvalue weighted by molar-refractivity contribution is -0.303. The molecule has 0 fully saturated rings. The first-order chi connectivity index (χ1) is 12.0. The minimum Gasteiger partial charge on any atom is -0.448 e. The van der Waals surface area contributed by atoms with E-state index in [0.29, 0.717) is 0 Å². The maximum Gasteiger partial charge on any atom is 0.575 e. The van der Waals surface area contributed by atoms with Crippen LogP contribution in [-0.2, 0) is 28.7 Å². The molecule has 1 aliphatic rings. The molecule has 0 radical (unpaired) electrons. The van der Waals surface area contributed by atoms with Crippen LogP contribution in [0.2, 0.25) is 0 Å². The first-order valence-electron chi connectivity index (χ1n) is 6.95. The lowest BCUT2D eigenvalue weighted by Crippen LogP contribution is -2.39. The number of primary amides is 1. The number of Topliss-reactive ketones (excluding diaryl/α,β-unsaturated/α-hetero) is 1. The summed E-state index contributed by atoms with van der Waals surface area (Å²) >= 11 is 0. The molecule has 26 heavy (non-hydrogen) atoms. The van der Waals surface area contributed by atoms with Crippen molar-refractivity contribution in [2.24, 2.45) is 5.73 Å². The number of hydrogen-bond donors (Lipinski definition) is 3. The minimum absolute atomic E-state index is 0.0871. The molecule has 4 N–H and O–H groups in total. The SMILES string of the molecule is CCC(=O)C1=CC(=C(C(=O)NNC)C(=O)OC(F)(F)F)C=C(C(N)=O)O1. The minimum atomic E-state index is -5.37. The van der Waals surface area contributed by atoms with Gasteiger partial charge in [0.15, 0.2) is 17.3 Å². The molecule has 9 nitrogen and oxygen atoms in total. The Labute approximate surface area is 144 Å². The second-order valence-electron chi connectivity index (χ2n) is 4.63. The molecule has 0 unspecified atom stereocenters. The van der Waals surface area contributed by atoms with E-state index in [-0.39, 0.29) is 6.42 Å². The van der Waals surface area contributed by atoms with Gasteiger partial charge in [0.25, 0.3) is 11.8 Å². The van der Waals surface area contributed by atoms with Crippen molar-refractivity contribution in [3.8, 4) is 0 Å². The third-order valence-electron chi connectivity index (χ3n) is 2.80. The first kappa shape index (κ1) is 20.9. The van der Waals surface area contributed by atoms with Crippen LogP contribution in [0.1, 0.15) is 13.3 Å². The number of nitrogens with two attached hydrogens (primary N) is 1. The predicted octanol–water partition coefficient (Wildman–Crippen LogP) is -0.141. The summed E-state index contributed by atoms with van der Waals surface area (Å²) in [6, 6.07) is 0. The summed E-state index contributed by atoms with van der Waals surface area (Å²) in [6.07, 6.45) is -3.87. The standard InChI is InChI=1S/C14H14F3N3O6/c1-3-7(21)8-4-6(5-9(25-8)11(18)22)10(12(23)20-19-2)13(24)26-14(15,16)17/h4-5,19H,3H2,1-2H3,(H2,18,22)(H,20,23). The number of halogens is 3. The van der Waals surface area contributed by atoms with Gasteiger partial charge < -0.3 is 15.2 Å². The molecule has 2 amide bonds. The molecule has 1 heterocycles. The molecule has 0 atom stereocenters. The van der Waals surface area contributed by atoms with Gasteiger partial charge in [-0.2, -0.15) is 0 Å². The highest BCUT2D eigenvalue weighted by molar-refractivity contribution is 6.18. The second kappa shape index (κ2) is 8.29. The van der Waals surface area contributed by atoms with Crippen molar-refractivity contribution in [2.75, 3.05) is 7.05 Å². The molecule has 0 bridgehead atoms. The number of carbonyl (C=O) groups is 4. The van der Waals surface area contributed by atoms with Crippen LogP contribution < -0.4 is 16.6 Å². The molecule has 1 rings (SSSR count). The molecule has 0 aromatic carbocycles. The van der Waals surface area contributed by atoms with Gasteiger partial charge in [-0.3, -0.25) is 19.8 Å². The monoisotopic (exact) mass is 377 g/mol. The van der Waals surface area contributed by atoms with E-state index in [1.54, 1.807) is 0 Å². The van der Waals surface area contributed by atoms with Gasteiger partial charge >= 0.3 is 12.3 Å². The van der Waals surface area contributed by atoms with E-state index in [4.69, 9.17) is 10.5 Å². The fourth-order valence-corrected chi connectivity index (χ4v) is 1.75. The van der Waals surface area contributed by atoms with Crippen molar-refractivity contribution in [2.45, 2.75) is 19.7 Å². The number of ether oxygens (including phenoxy) is 2. The van der Waals surface area contributed by atoms with Gasteiger partial charge in [-0.05, 0) is 12.2 Å². The molecule has 0 spiro atoms. The fourth-order valence-electron chi connectivity index (χ4n) is 1.75. The summed E-state index contributed by atoms with van der Waals surface area (Å²) in [7, 11) is 1.21. The largest absolute Gasteiger partial charge is 0.575 e.